The van der Waals surface area contributed by atoms with Crippen molar-refractivity contribution in [1.29, 1.82) is 0 Å². The van der Waals surface area contributed by atoms with Crippen LogP contribution in [0.2, 0.25) is 0 Å². The minimum atomic E-state index is -4.18. The van der Waals surface area contributed by atoms with Crippen molar-refractivity contribution in [2.75, 3.05) is 7.11 Å². The first kappa shape index (κ1) is 15.5. The maximum absolute atomic E-state index is 12.1. The van der Waals surface area contributed by atoms with Crippen LogP contribution >= 0.6 is 0 Å². The Morgan fingerprint density at radius 1 is 1.42 bits per heavy atom. The molecule has 0 N–H and O–H groups in total. The van der Waals surface area contributed by atoms with E-state index in [2.05, 4.69) is 15.0 Å². The Morgan fingerprint density at radius 2 is 2.11 bits per heavy atom. The molecule has 0 aliphatic rings. The van der Waals surface area contributed by atoms with E-state index >= 15 is 0 Å². The van der Waals surface area contributed by atoms with Gasteiger partial charge in [0.2, 0.25) is 0 Å². The fourth-order valence-corrected chi connectivity index (χ4v) is 1.68. The Kier molecular flexibility index (Phi) is 5.31. The lowest BCUT2D eigenvalue weighted by Crippen LogP contribution is -2.13. The number of aromatic nitrogens is 3. The van der Waals surface area contributed by atoms with Crippen molar-refractivity contribution in [3.63, 3.8) is 0 Å². The van der Waals surface area contributed by atoms with E-state index in [0.29, 0.717) is 12.1 Å². The van der Waals surface area contributed by atoms with Gasteiger partial charge in [-0.25, -0.2) is 9.48 Å². The van der Waals surface area contributed by atoms with Crippen molar-refractivity contribution in [3.8, 4) is 0 Å². The van der Waals surface area contributed by atoms with Gasteiger partial charge in [0.25, 0.3) is 0 Å². The van der Waals surface area contributed by atoms with Gasteiger partial charge in [0.1, 0.15) is 0 Å². The Hall–Kier alpha value is -1.60. The normalized spacial score (nSPS) is 11.6. The molecule has 0 radical (unpaired) electrons. The van der Waals surface area contributed by atoms with Crippen molar-refractivity contribution in [2.24, 2.45) is 0 Å². The van der Waals surface area contributed by atoms with Gasteiger partial charge >= 0.3 is 12.1 Å². The minimum Gasteiger partial charge on any atom is -0.464 e. The summed E-state index contributed by atoms with van der Waals surface area (Å²) in [5.41, 5.74) is 0.605. The average Bonchev–Trinajstić information content (AvgIpc) is 2.71. The van der Waals surface area contributed by atoms with E-state index in [1.165, 1.54) is 11.8 Å². The summed E-state index contributed by atoms with van der Waals surface area (Å²) in [7, 11) is 1.22. The first-order valence-electron chi connectivity index (χ1n) is 5.96. The van der Waals surface area contributed by atoms with Gasteiger partial charge in [0.15, 0.2) is 5.69 Å². The van der Waals surface area contributed by atoms with Crippen LogP contribution < -0.4 is 0 Å². The van der Waals surface area contributed by atoms with Crippen molar-refractivity contribution < 1.29 is 22.7 Å². The van der Waals surface area contributed by atoms with Crippen LogP contribution in [0.4, 0.5) is 13.2 Å². The molecule has 0 aliphatic heterocycles. The van der Waals surface area contributed by atoms with Crippen molar-refractivity contribution >= 4 is 5.97 Å². The number of hydrogen-bond donors (Lipinski definition) is 0. The molecule has 0 aromatic carbocycles. The van der Waals surface area contributed by atoms with Crippen LogP contribution in [0.15, 0.2) is 0 Å². The summed E-state index contributed by atoms with van der Waals surface area (Å²) in [5.74, 6) is -0.620. The first-order chi connectivity index (χ1) is 8.89. The molecule has 0 fully saturated rings. The topological polar surface area (TPSA) is 57.0 Å². The van der Waals surface area contributed by atoms with Crippen LogP contribution in [0.3, 0.4) is 0 Å². The number of aryl methyl sites for hydroxylation is 1. The van der Waals surface area contributed by atoms with Crippen molar-refractivity contribution in [3.05, 3.63) is 11.4 Å². The van der Waals surface area contributed by atoms with Gasteiger partial charge in [-0.2, -0.15) is 13.2 Å². The summed E-state index contributed by atoms with van der Waals surface area (Å²) < 4.78 is 42.1. The number of nitrogens with zero attached hydrogens (tertiary/aromatic N) is 3. The molecule has 1 aromatic heterocycles. The smallest absolute Gasteiger partial charge is 0.389 e. The summed E-state index contributed by atoms with van der Waals surface area (Å²) in [5, 5.41) is 7.40. The minimum absolute atomic E-state index is 0.0800. The molecular formula is C11H16F3N3O2. The molecule has 1 rings (SSSR count). The maximum atomic E-state index is 12.1. The fourth-order valence-electron chi connectivity index (χ4n) is 1.68. The predicted molar refractivity (Wildman–Crippen MR) is 60.6 cm³/mol. The molecule has 0 spiro atoms. The van der Waals surface area contributed by atoms with Crippen LogP contribution in [0, 0.1) is 0 Å². The van der Waals surface area contributed by atoms with E-state index < -0.39 is 18.6 Å². The molecule has 8 heteroatoms. The molecule has 0 bridgehead atoms. The van der Waals surface area contributed by atoms with Gasteiger partial charge in [-0.1, -0.05) is 18.6 Å². The maximum Gasteiger partial charge on any atom is 0.389 e. The van der Waals surface area contributed by atoms with E-state index in [1.54, 1.807) is 0 Å². The van der Waals surface area contributed by atoms with Gasteiger partial charge in [0, 0.05) is 13.0 Å². The van der Waals surface area contributed by atoms with Gasteiger partial charge in [0.05, 0.1) is 12.8 Å². The molecular weight excluding hydrogens is 263 g/mol. The SMILES string of the molecule is CCCc1c(C(=O)OC)nnn1CCCC(F)(F)F. The number of hydrogen-bond acceptors (Lipinski definition) is 4. The lowest BCUT2D eigenvalue weighted by Gasteiger charge is -2.08. The lowest BCUT2D eigenvalue weighted by molar-refractivity contribution is -0.136. The van der Waals surface area contributed by atoms with Crippen LogP contribution in [-0.2, 0) is 17.7 Å². The molecule has 0 amide bonds. The van der Waals surface area contributed by atoms with Crippen molar-refractivity contribution in [2.45, 2.75) is 45.3 Å². The van der Waals surface area contributed by atoms with Gasteiger partial charge in [-0.3, -0.25) is 0 Å². The third kappa shape index (κ3) is 4.53. The van der Waals surface area contributed by atoms with E-state index in [4.69, 9.17) is 0 Å². The predicted octanol–water partition coefficient (Wildman–Crippen LogP) is 2.36. The van der Waals surface area contributed by atoms with E-state index in [9.17, 15) is 18.0 Å². The molecule has 0 unspecified atom stereocenters. The molecule has 1 aromatic rings. The van der Waals surface area contributed by atoms with Gasteiger partial charge in [-0.15, -0.1) is 5.10 Å². The van der Waals surface area contributed by atoms with Crippen LogP contribution in [-0.4, -0.2) is 34.2 Å². The molecule has 5 nitrogen and oxygen atoms in total. The molecule has 0 saturated carbocycles. The monoisotopic (exact) mass is 279 g/mol. The van der Waals surface area contributed by atoms with E-state index in [1.807, 2.05) is 6.92 Å². The number of ether oxygens (including phenoxy) is 1. The summed E-state index contributed by atoms with van der Waals surface area (Å²) in [6, 6.07) is 0. The number of carbonyl (C=O) groups excluding carboxylic acids is 1. The quantitative estimate of drug-likeness (QED) is 0.750. The zero-order valence-electron chi connectivity index (χ0n) is 10.8. The highest BCUT2D eigenvalue weighted by Crippen LogP contribution is 2.22. The summed E-state index contributed by atoms with van der Waals surface area (Å²) >= 11 is 0. The van der Waals surface area contributed by atoms with Gasteiger partial charge in [-0.05, 0) is 12.8 Å². The molecule has 0 aliphatic carbocycles. The Balaban J connectivity index is 2.77. The summed E-state index contributed by atoms with van der Waals surface area (Å²) in [6.07, 6.45) is -3.91. The standard InChI is InChI=1S/C11H16F3N3O2/c1-3-5-8-9(10(18)19-2)15-16-17(8)7-4-6-11(12,13)14/h3-7H2,1-2H3. The molecule has 0 saturated heterocycles. The van der Waals surface area contributed by atoms with Crippen LogP contribution in [0.1, 0.15) is 42.4 Å². The number of methoxy groups -OCH3 is 1. The third-order valence-corrected chi connectivity index (χ3v) is 2.53. The average molecular weight is 279 g/mol. The molecule has 1 heterocycles. The highest BCUT2D eigenvalue weighted by atomic mass is 19.4. The second kappa shape index (κ2) is 6.53. The Morgan fingerprint density at radius 3 is 2.63 bits per heavy atom. The highest BCUT2D eigenvalue weighted by molar-refractivity contribution is 5.88. The zero-order valence-corrected chi connectivity index (χ0v) is 10.8. The molecule has 108 valence electrons. The summed E-state index contributed by atoms with van der Waals surface area (Å²) in [6.45, 7) is 1.98. The second-order valence-electron chi connectivity index (χ2n) is 4.07. The number of alkyl halides is 3. The van der Waals surface area contributed by atoms with Crippen molar-refractivity contribution in [1.82, 2.24) is 15.0 Å². The molecule has 0 atom stereocenters. The van der Waals surface area contributed by atoms with E-state index in [0.717, 1.165) is 6.42 Å². The second-order valence-corrected chi connectivity index (χ2v) is 4.07. The number of carbonyl (C=O) groups is 1. The lowest BCUT2D eigenvalue weighted by atomic mass is 10.2. The fraction of sp³-hybridized carbons (Fsp3) is 0.727. The van der Waals surface area contributed by atoms with Gasteiger partial charge < -0.3 is 4.74 Å². The number of rotatable bonds is 6. The first-order valence-corrected chi connectivity index (χ1v) is 5.96. The zero-order chi connectivity index (χ0) is 14.5. The largest absolute Gasteiger partial charge is 0.464 e. The third-order valence-electron chi connectivity index (χ3n) is 2.53. The van der Waals surface area contributed by atoms with E-state index in [-0.39, 0.29) is 18.7 Å². The number of halogens is 3. The van der Waals surface area contributed by atoms with Crippen LogP contribution in [0.5, 0.6) is 0 Å². The number of esters is 1. The van der Waals surface area contributed by atoms with Crippen LogP contribution in [0.25, 0.3) is 0 Å². The highest BCUT2D eigenvalue weighted by Gasteiger charge is 2.27. The Bertz CT molecular complexity index is 429. The summed E-state index contributed by atoms with van der Waals surface area (Å²) in [4.78, 5) is 11.4. The Labute approximate surface area is 108 Å². The molecule has 19 heavy (non-hydrogen) atoms.